The lowest BCUT2D eigenvalue weighted by atomic mass is 9.98. The Morgan fingerprint density at radius 3 is 2.07 bits per heavy atom. The third-order valence-corrected chi connectivity index (χ3v) is 3.88. The lowest BCUT2D eigenvalue weighted by Gasteiger charge is -2.18. The van der Waals surface area contributed by atoms with Gasteiger partial charge in [0.25, 0.3) is 0 Å². The monoisotopic (exact) mass is 210 g/mol. The Morgan fingerprint density at radius 2 is 1.60 bits per heavy atom. The van der Waals surface area contributed by atoms with Crippen LogP contribution in [0.5, 0.6) is 0 Å². The molecule has 2 aliphatic carbocycles. The Bertz CT molecular complexity index is 173. The molecule has 2 rings (SSSR count). The molecule has 0 heterocycles. The summed E-state index contributed by atoms with van der Waals surface area (Å²) in [7, 11) is 2.04. The first kappa shape index (κ1) is 11.4. The topological polar surface area (TPSA) is 24.1 Å². The Kier molecular flexibility index (Phi) is 4.04. The molecule has 0 aliphatic heterocycles. The maximum atomic E-state index is 3.67. The van der Waals surface area contributed by atoms with Gasteiger partial charge < -0.3 is 10.6 Å². The van der Waals surface area contributed by atoms with E-state index in [1.165, 1.54) is 38.8 Å². The van der Waals surface area contributed by atoms with Crippen molar-refractivity contribution in [3.8, 4) is 0 Å². The molecule has 0 aromatic carbocycles. The molecule has 0 aromatic heterocycles. The van der Waals surface area contributed by atoms with Crippen LogP contribution in [0.1, 0.15) is 32.6 Å². The predicted octanol–water partition coefficient (Wildman–Crippen LogP) is 1.87. The van der Waals surface area contributed by atoms with E-state index in [4.69, 9.17) is 0 Å². The van der Waals surface area contributed by atoms with Crippen molar-refractivity contribution >= 4 is 0 Å². The van der Waals surface area contributed by atoms with Crippen LogP contribution < -0.4 is 10.6 Å². The summed E-state index contributed by atoms with van der Waals surface area (Å²) in [5.41, 5.74) is 0. The Morgan fingerprint density at radius 1 is 1.00 bits per heavy atom. The minimum atomic E-state index is 0.758. The van der Waals surface area contributed by atoms with Crippen molar-refractivity contribution in [3.05, 3.63) is 0 Å². The van der Waals surface area contributed by atoms with Gasteiger partial charge in [0.2, 0.25) is 0 Å². The van der Waals surface area contributed by atoms with E-state index >= 15 is 0 Å². The van der Waals surface area contributed by atoms with Crippen molar-refractivity contribution in [2.24, 2.45) is 23.7 Å². The molecule has 2 N–H and O–H groups in total. The number of hydrogen-bond donors (Lipinski definition) is 2. The average molecular weight is 210 g/mol. The second kappa shape index (κ2) is 5.31. The normalized spacial score (nSPS) is 23.4. The average Bonchev–Trinajstić information content (AvgIpc) is 3.03. The highest BCUT2D eigenvalue weighted by molar-refractivity contribution is 4.92. The first-order chi connectivity index (χ1) is 7.31. The molecule has 0 radical (unpaired) electrons. The van der Waals surface area contributed by atoms with Crippen LogP contribution in [0, 0.1) is 23.7 Å². The van der Waals surface area contributed by atoms with Crippen LogP contribution in [0.25, 0.3) is 0 Å². The summed E-state index contributed by atoms with van der Waals surface area (Å²) >= 11 is 0. The van der Waals surface area contributed by atoms with Crippen molar-refractivity contribution in [1.82, 2.24) is 10.6 Å². The van der Waals surface area contributed by atoms with Crippen molar-refractivity contribution in [3.63, 3.8) is 0 Å². The smallest absolute Gasteiger partial charge is 0.00109 e. The van der Waals surface area contributed by atoms with E-state index in [1.807, 2.05) is 7.05 Å². The third kappa shape index (κ3) is 3.76. The third-order valence-electron chi connectivity index (χ3n) is 3.88. The molecule has 1 atom stereocenters. The van der Waals surface area contributed by atoms with Gasteiger partial charge in [-0.25, -0.2) is 0 Å². The van der Waals surface area contributed by atoms with Crippen LogP contribution in [-0.2, 0) is 0 Å². The highest BCUT2D eigenvalue weighted by Crippen LogP contribution is 2.48. The summed E-state index contributed by atoms with van der Waals surface area (Å²) in [6, 6.07) is 0. The summed E-state index contributed by atoms with van der Waals surface area (Å²) in [6.07, 6.45) is 6.04. The Balaban J connectivity index is 1.58. The Labute approximate surface area is 94.2 Å². The van der Waals surface area contributed by atoms with Crippen LogP contribution in [0.2, 0.25) is 0 Å². The molecular weight excluding hydrogens is 184 g/mol. The van der Waals surface area contributed by atoms with E-state index in [2.05, 4.69) is 17.6 Å². The molecule has 2 nitrogen and oxygen atoms in total. The fraction of sp³-hybridized carbons (Fsp3) is 1.00. The summed E-state index contributed by atoms with van der Waals surface area (Å²) in [5.74, 6) is 3.95. The van der Waals surface area contributed by atoms with E-state index in [0.29, 0.717) is 0 Å². The van der Waals surface area contributed by atoms with Crippen molar-refractivity contribution in [1.29, 1.82) is 0 Å². The lowest BCUT2D eigenvalue weighted by Crippen LogP contribution is -2.32. The van der Waals surface area contributed by atoms with Gasteiger partial charge >= 0.3 is 0 Å². The van der Waals surface area contributed by atoms with Crippen LogP contribution in [-0.4, -0.2) is 26.7 Å². The van der Waals surface area contributed by atoms with Gasteiger partial charge in [-0.15, -0.1) is 0 Å². The molecule has 0 bridgehead atoms. The molecule has 0 spiro atoms. The summed E-state index contributed by atoms with van der Waals surface area (Å²) in [4.78, 5) is 0. The van der Waals surface area contributed by atoms with Gasteiger partial charge in [0, 0.05) is 0 Å². The quantitative estimate of drug-likeness (QED) is 0.639. The zero-order valence-corrected chi connectivity index (χ0v) is 10.3. The van der Waals surface area contributed by atoms with Crippen LogP contribution in [0.4, 0.5) is 0 Å². The summed E-state index contributed by atoms with van der Waals surface area (Å²) in [5, 5.41) is 6.91. The SMILES string of the molecule is CNCC(C)CNCC(C1CC1)C1CC1. The highest BCUT2D eigenvalue weighted by Gasteiger charge is 2.40. The minimum Gasteiger partial charge on any atom is -0.319 e. The van der Waals surface area contributed by atoms with E-state index in [9.17, 15) is 0 Å². The molecule has 1 unspecified atom stereocenters. The number of nitrogens with one attached hydrogen (secondary N) is 2. The molecule has 2 aliphatic rings. The summed E-state index contributed by atoms with van der Waals surface area (Å²) in [6.45, 7) is 5.90. The van der Waals surface area contributed by atoms with Crippen molar-refractivity contribution in [2.45, 2.75) is 32.6 Å². The van der Waals surface area contributed by atoms with Crippen LogP contribution in [0.3, 0.4) is 0 Å². The number of rotatable bonds is 8. The fourth-order valence-corrected chi connectivity index (χ4v) is 2.68. The fourth-order valence-electron chi connectivity index (χ4n) is 2.68. The molecule has 2 saturated carbocycles. The van der Waals surface area contributed by atoms with Crippen molar-refractivity contribution < 1.29 is 0 Å². The molecule has 88 valence electrons. The zero-order valence-electron chi connectivity index (χ0n) is 10.3. The van der Waals surface area contributed by atoms with E-state index < -0.39 is 0 Å². The predicted molar refractivity (Wildman–Crippen MR) is 64.9 cm³/mol. The standard InChI is InChI=1S/C13H26N2/c1-10(7-14-2)8-15-9-13(11-3-4-11)12-5-6-12/h10-15H,3-9H2,1-2H3. The summed E-state index contributed by atoms with van der Waals surface area (Å²) < 4.78 is 0. The molecule has 0 amide bonds. The van der Waals surface area contributed by atoms with Gasteiger partial charge in [0.15, 0.2) is 0 Å². The first-order valence-corrected chi connectivity index (χ1v) is 6.66. The van der Waals surface area contributed by atoms with E-state index in [1.54, 1.807) is 0 Å². The molecule has 15 heavy (non-hydrogen) atoms. The van der Waals surface area contributed by atoms with Gasteiger partial charge in [-0.05, 0) is 76.0 Å². The Hall–Kier alpha value is -0.0800. The van der Waals surface area contributed by atoms with Gasteiger partial charge in [-0.3, -0.25) is 0 Å². The van der Waals surface area contributed by atoms with Gasteiger partial charge in [0.05, 0.1) is 0 Å². The molecular formula is C13H26N2. The second-order valence-electron chi connectivity index (χ2n) is 5.66. The lowest BCUT2D eigenvalue weighted by molar-refractivity contribution is 0.363. The molecule has 0 aromatic rings. The minimum absolute atomic E-state index is 0.758. The maximum Gasteiger partial charge on any atom is -0.00109 e. The van der Waals surface area contributed by atoms with E-state index in [-0.39, 0.29) is 0 Å². The molecule has 0 saturated heterocycles. The highest BCUT2D eigenvalue weighted by atomic mass is 14.9. The van der Waals surface area contributed by atoms with Crippen LogP contribution >= 0.6 is 0 Å². The van der Waals surface area contributed by atoms with E-state index in [0.717, 1.165) is 30.2 Å². The zero-order chi connectivity index (χ0) is 10.7. The van der Waals surface area contributed by atoms with Crippen LogP contribution in [0.15, 0.2) is 0 Å². The maximum absolute atomic E-state index is 3.67. The van der Waals surface area contributed by atoms with Crippen molar-refractivity contribution in [2.75, 3.05) is 26.7 Å². The molecule has 2 heteroatoms. The second-order valence-corrected chi connectivity index (χ2v) is 5.66. The van der Waals surface area contributed by atoms with Gasteiger partial charge in [0.1, 0.15) is 0 Å². The number of hydrogen-bond acceptors (Lipinski definition) is 2. The van der Waals surface area contributed by atoms with Gasteiger partial charge in [-0.2, -0.15) is 0 Å². The first-order valence-electron chi connectivity index (χ1n) is 6.66. The molecule has 2 fully saturated rings. The largest absolute Gasteiger partial charge is 0.319 e. The van der Waals surface area contributed by atoms with Gasteiger partial charge in [-0.1, -0.05) is 6.92 Å².